The van der Waals surface area contributed by atoms with Gasteiger partial charge in [0.05, 0.1) is 6.54 Å². The van der Waals surface area contributed by atoms with Crippen molar-refractivity contribution in [3.05, 3.63) is 34.9 Å². The minimum atomic E-state index is 0.177. The van der Waals surface area contributed by atoms with E-state index in [2.05, 4.69) is 25.2 Å². The number of benzene rings is 1. The highest BCUT2D eigenvalue weighted by atomic mass is 35.5. The van der Waals surface area contributed by atoms with Crippen LogP contribution >= 0.6 is 11.6 Å². The van der Waals surface area contributed by atoms with Crippen LogP contribution in [0.5, 0.6) is 0 Å². The molecule has 1 aromatic carbocycles. The highest BCUT2D eigenvalue weighted by Gasteiger charge is 2.20. The van der Waals surface area contributed by atoms with Gasteiger partial charge >= 0.3 is 0 Å². The van der Waals surface area contributed by atoms with E-state index in [1.54, 1.807) is 0 Å². The van der Waals surface area contributed by atoms with Gasteiger partial charge in [-0.1, -0.05) is 37.6 Å². The van der Waals surface area contributed by atoms with Gasteiger partial charge in [0.25, 0.3) is 0 Å². The lowest BCUT2D eigenvalue weighted by molar-refractivity contribution is -0.131. The van der Waals surface area contributed by atoms with Crippen LogP contribution < -0.4 is 5.32 Å². The summed E-state index contributed by atoms with van der Waals surface area (Å²) in [5.41, 5.74) is 1.14. The molecule has 2 rings (SSSR count). The van der Waals surface area contributed by atoms with Crippen LogP contribution in [0.2, 0.25) is 5.02 Å². The normalized spacial score (nSPS) is 17.8. The summed E-state index contributed by atoms with van der Waals surface area (Å²) in [7, 11) is 0. The van der Waals surface area contributed by atoms with Crippen LogP contribution in [0.1, 0.15) is 44.7 Å². The van der Waals surface area contributed by atoms with E-state index in [0.29, 0.717) is 6.54 Å². The first-order valence-electron chi connectivity index (χ1n) is 7.86. The molecular formula is C17H25ClN2O. The lowest BCUT2D eigenvalue weighted by Gasteiger charge is -2.31. The first kappa shape index (κ1) is 16.3. The molecule has 0 bridgehead atoms. The van der Waals surface area contributed by atoms with Gasteiger partial charge in [-0.05, 0) is 42.9 Å². The summed E-state index contributed by atoms with van der Waals surface area (Å²) in [4.78, 5) is 14.2. The van der Waals surface area contributed by atoms with Gasteiger partial charge in [-0.15, -0.1) is 0 Å². The molecule has 1 aromatic rings. The second-order valence-electron chi connectivity index (χ2n) is 5.96. The molecule has 1 N–H and O–H groups in total. The van der Waals surface area contributed by atoms with E-state index < -0.39 is 0 Å². The molecule has 1 atom stereocenters. The summed E-state index contributed by atoms with van der Waals surface area (Å²) >= 11 is 6.04. The van der Waals surface area contributed by atoms with Crippen molar-refractivity contribution >= 4 is 17.5 Å². The van der Waals surface area contributed by atoms with Crippen molar-refractivity contribution in [1.29, 1.82) is 0 Å². The van der Waals surface area contributed by atoms with E-state index in [0.717, 1.165) is 48.9 Å². The average molecular weight is 309 g/mol. The van der Waals surface area contributed by atoms with E-state index in [-0.39, 0.29) is 11.9 Å². The number of nitrogens with one attached hydrogen (secondary N) is 1. The Morgan fingerprint density at radius 2 is 2.14 bits per heavy atom. The number of carbonyl (C=O) groups is 1. The molecule has 0 radical (unpaired) electrons. The number of piperidine rings is 1. The van der Waals surface area contributed by atoms with E-state index in [4.69, 9.17) is 11.6 Å². The third-order valence-corrected chi connectivity index (χ3v) is 4.53. The van der Waals surface area contributed by atoms with Crippen molar-refractivity contribution in [2.24, 2.45) is 5.92 Å². The summed E-state index contributed by atoms with van der Waals surface area (Å²) in [6.45, 7) is 6.57. The van der Waals surface area contributed by atoms with Gasteiger partial charge in [0.15, 0.2) is 0 Å². The highest BCUT2D eigenvalue weighted by molar-refractivity contribution is 6.30. The van der Waals surface area contributed by atoms with Gasteiger partial charge in [-0.3, -0.25) is 4.79 Å². The number of hydrogen-bond acceptors (Lipinski definition) is 2. The van der Waals surface area contributed by atoms with Gasteiger partial charge in [-0.2, -0.15) is 0 Å². The zero-order valence-electron chi connectivity index (χ0n) is 12.9. The molecule has 1 saturated heterocycles. The van der Waals surface area contributed by atoms with Crippen LogP contribution in [0, 0.1) is 5.92 Å². The number of rotatable bonds is 5. The first-order valence-corrected chi connectivity index (χ1v) is 8.24. The quantitative estimate of drug-likeness (QED) is 0.900. The lowest BCUT2D eigenvalue weighted by atomic mass is 9.99. The monoisotopic (exact) mass is 308 g/mol. The summed E-state index contributed by atoms with van der Waals surface area (Å²) in [6.07, 6.45) is 3.18. The highest BCUT2D eigenvalue weighted by Crippen LogP contribution is 2.20. The maximum Gasteiger partial charge on any atom is 0.236 e. The molecule has 0 spiro atoms. The minimum absolute atomic E-state index is 0.177. The van der Waals surface area contributed by atoms with E-state index in [1.807, 2.05) is 23.1 Å². The van der Waals surface area contributed by atoms with Crippen molar-refractivity contribution in [2.45, 2.75) is 39.2 Å². The fourth-order valence-electron chi connectivity index (χ4n) is 2.80. The molecule has 4 heteroatoms. The summed E-state index contributed by atoms with van der Waals surface area (Å²) < 4.78 is 0. The molecule has 3 nitrogen and oxygen atoms in total. The Labute approximate surface area is 132 Å². The van der Waals surface area contributed by atoms with E-state index in [9.17, 15) is 4.79 Å². The molecule has 21 heavy (non-hydrogen) atoms. The van der Waals surface area contributed by atoms with Crippen LogP contribution in [0.3, 0.4) is 0 Å². The molecule has 1 aliphatic rings. The van der Waals surface area contributed by atoms with Gasteiger partial charge in [0.1, 0.15) is 0 Å². The van der Waals surface area contributed by atoms with Crippen LogP contribution in [0.25, 0.3) is 0 Å². The van der Waals surface area contributed by atoms with Gasteiger partial charge in [-0.25, -0.2) is 0 Å². The molecule has 0 aliphatic carbocycles. The van der Waals surface area contributed by atoms with Crippen molar-refractivity contribution in [3.63, 3.8) is 0 Å². The number of hydrogen-bond donors (Lipinski definition) is 1. The predicted molar refractivity (Wildman–Crippen MR) is 87.5 cm³/mol. The second kappa shape index (κ2) is 7.81. The SMILES string of the molecule is CCC(NCC(=O)N1CCC(C)CC1)c1cccc(Cl)c1. The smallest absolute Gasteiger partial charge is 0.236 e. The first-order chi connectivity index (χ1) is 10.1. The van der Waals surface area contributed by atoms with Crippen molar-refractivity contribution in [1.82, 2.24) is 10.2 Å². The molecule has 1 heterocycles. The Hall–Kier alpha value is -1.06. The standard InChI is InChI=1S/C17H25ClN2O/c1-3-16(14-5-4-6-15(18)11-14)19-12-17(21)20-9-7-13(2)8-10-20/h4-6,11,13,16,19H,3,7-10,12H2,1-2H3. The molecule has 1 fully saturated rings. The molecule has 0 saturated carbocycles. The maximum absolute atomic E-state index is 12.3. The Morgan fingerprint density at radius 3 is 2.76 bits per heavy atom. The predicted octanol–water partition coefficient (Wildman–Crippen LogP) is 3.64. The van der Waals surface area contributed by atoms with E-state index in [1.165, 1.54) is 0 Å². The Bertz CT molecular complexity index is 470. The van der Waals surface area contributed by atoms with Crippen LogP contribution in [-0.4, -0.2) is 30.4 Å². The Balaban J connectivity index is 1.87. The zero-order valence-corrected chi connectivity index (χ0v) is 13.7. The number of nitrogens with zero attached hydrogens (tertiary/aromatic N) is 1. The van der Waals surface area contributed by atoms with Gasteiger partial charge in [0.2, 0.25) is 5.91 Å². The molecular weight excluding hydrogens is 284 g/mol. The maximum atomic E-state index is 12.3. The Kier molecular flexibility index (Phi) is 6.07. The fourth-order valence-corrected chi connectivity index (χ4v) is 3.00. The fraction of sp³-hybridized carbons (Fsp3) is 0.588. The summed E-state index contributed by atoms with van der Waals surface area (Å²) in [6, 6.07) is 8.03. The van der Waals surface area contributed by atoms with Gasteiger partial charge in [0, 0.05) is 24.2 Å². The third-order valence-electron chi connectivity index (χ3n) is 4.30. The lowest BCUT2D eigenvalue weighted by Crippen LogP contribution is -2.43. The Morgan fingerprint density at radius 1 is 1.43 bits per heavy atom. The number of likely N-dealkylation sites (tertiary alicyclic amines) is 1. The van der Waals surface area contributed by atoms with Crippen LogP contribution in [-0.2, 0) is 4.79 Å². The molecule has 0 aromatic heterocycles. The molecule has 1 aliphatic heterocycles. The number of carbonyl (C=O) groups excluding carboxylic acids is 1. The summed E-state index contributed by atoms with van der Waals surface area (Å²) in [5, 5.41) is 4.11. The minimum Gasteiger partial charge on any atom is -0.342 e. The van der Waals surface area contributed by atoms with Crippen LogP contribution in [0.15, 0.2) is 24.3 Å². The zero-order chi connectivity index (χ0) is 15.2. The van der Waals surface area contributed by atoms with Crippen molar-refractivity contribution in [3.8, 4) is 0 Å². The average Bonchev–Trinajstić information content (AvgIpc) is 2.48. The topological polar surface area (TPSA) is 32.3 Å². The third kappa shape index (κ3) is 4.72. The van der Waals surface area contributed by atoms with Crippen molar-refractivity contribution in [2.75, 3.05) is 19.6 Å². The largest absolute Gasteiger partial charge is 0.342 e. The molecule has 1 unspecified atom stereocenters. The number of halogens is 1. The molecule has 1 amide bonds. The molecule has 116 valence electrons. The summed E-state index contributed by atoms with van der Waals surface area (Å²) in [5.74, 6) is 0.958. The number of amides is 1. The second-order valence-corrected chi connectivity index (χ2v) is 6.40. The van der Waals surface area contributed by atoms with Crippen LogP contribution in [0.4, 0.5) is 0 Å². The van der Waals surface area contributed by atoms with Crippen molar-refractivity contribution < 1.29 is 4.79 Å². The van der Waals surface area contributed by atoms with Gasteiger partial charge < -0.3 is 10.2 Å². The van der Waals surface area contributed by atoms with E-state index >= 15 is 0 Å².